The van der Waals surface area contributed by atoms with Crippen LogP contribution in [0.3, 0.4) is 0 Å². The molecule has 0 radical (unpaired) electrons. The molecule has 0 spiro atoms. The van der Waals surface area contributed by atoms with E-state index in [1.165, 1.54) is 123 Å². The third kappa shape index (κ3) is 10.6. The highest BCUT2D eigenvalue weighted by Gasteiger charge is 2.33. The highest BCUT2D eigenvalue weighted by Crippen LogP contribution is 2.48. The summed E-state index contributed by atoms with van der Waals surface area (Å²) in [6.45, 7) is 18.6. The maximum Gasteiger partial charge on any atom is 0.337 e. The van der Waals surface area contributed by atoms with E-state index in [4.69, 9.17) is 28.9 Å². The Hall–Kier alpha value is -5.03. The molecule has 0 unspecified atom stereocenters. The second kappa shape index (κ2) is 21.4. The maximum atomic E-state index is 12.4. The second-order valence-electron chi connectivity index (χ2n) is 22.6. The third-order valence-electron chi connectivity index (χ3n) is 15.1. The lowest BCUT2D eigenvalue weighted by Crippen LogP contribution is -2.22. The Labute approximate surface area is 416 Å². The number of fused-ring (bicyclic) bond motifs is 10. The van der Waals surface area contributed by atoms with Crippen LogP contribution in [-0.2, 0) is 51.9 Å². The monoisotopic (exact) mass is 985 g/mol. The molecule has 0 amide bonds. The van der Waals surface area contributed by atoms with E-state index in [0.717, 1.165) is 73.7 Å². The van der Waals surface area contributed by atoms with Crippen molar-refractivity contribution in [3.8, 4) is 22.8 Å². The van der Waals surface area contributed by atoms with E-state index >= 15 is 0 Å². The number of carbonyl (C=O) groups excluding carboxylic acids is 2. The van der Waals surface area contributed by atoms with Gasteiger partial charge in [-0.05, 0) is 104 Å². The summed E-state index contributed by atoms with van der Waals surface area (Å²) >= 11 is 0. The average molecular weight is 985 g/mol. The molecule has 374 valence electrons. The second-order valence-corrected chi connectivity index (χ2v) is 33.8. The fourth-order valence-corrected chi connectivity index (χ4v) is 12.9. The fourth-order valence-electron chi connectivity index (χ4n) is 11.4. The lowest BCUT2D eigenvalue weighted by Gasteiger charge is -2.24. The highest BCUT2D eigenvalue weighted by atomic mass is 28.3. The molecular weight excluding hydrogens is 909 g/mol. The molecule has 6 heterocycles. The van der Waals surface area contributed by atoms with E-state index in [1.807, 2.05) is 36.9 Å². The van der Waals surface area contributed by atoms with Crippen molar-refractivity contribution in [3.63, 3.8) is 0 Å². The molecule has 4 aliphatic rings. The van der Waals surface area contributed by atoms with Crippen molar-refractivity contribution in [1.82, 2.24) is 28.2 Å². The zero-order valence-corrected chi connectivity index (χ0v) is 45.2. The fraction of sp³-hybridized carbons (Fsp3) is 0.536. The first-order valence-corrected chi connectivity index (χ1v) is 33.6. The topological polar surface area (TPSA) is 117 Å². The largest absolute Gasteiger partial charge is 0.465 e. The summed E-state index contributed by atoms with van der Waals surface area (Å²) in [6.07, 6.45) is 22.8. The van der Waals surface area contributed by atoms with Crippen LogP contribution >= 0.6 is 0 Å². The Morgan fingerprint density at radius 2 is 1.11 bits per heavy atom. The van der Waals surface area contributed by atoms with Gasteiger partial charge in [-0.25, -0.2) is 19.6 Å². The van der Waals surface area contributed by atoms with Gasteiger partial charge in [-0.1, -0.05) is 96.0 Å². The van der Waals surface area contributed by atoms with Crippen LogP contribution in [0.4, 0.5) is 0 Å². The molecule has 2 aromatic carbocycles. The molecule has 10 rings (SSSR count). The predicted octanol–water partition coefficient (Wildman–Crippen LogP) is 13.3. The molecule has 0 bridgehead atoms. The zero-order valence-electron chi connectivity index (χ0n) is 43.2. The number of hydrogen-bond acceptors (Lipinski definition) is 8. The van der Waals surface area contributed by atoms with E-state index < -0.39 is 16.1 Å². The van der Waals surface area contributed by atoms with Crippen molar-refractivity contribution in [1.29, 1.82) is 0 Å². The normalized spacial score (nSPS) is 16.5. The van der Waals surface area contributed by atoms with Gasteiger partial charge in [0.25, 0.3) is 0 Å². The quantitative estimate of drug-likeness (QED) is 0.0602. The van der Waals surface area contributed by atoms with Gasteiger partial charge in [-0.2, -0.15) is 0 Å². The Kier molecular flexibility index (Phi) is 15.2. The molecule has 4 aromatic heterocycles. The summed E-state index contributed by atoms with van der Waals surface area (Å²) in [5.74, 6) is 0.464. The summed E-state index contributed by atoms with van der Waals surface area (Å²) in [4.78, 5) is 34.4. The van der Waals surface area contributed by atoms with Crippen LogP contribution in [0, 0.1) is 0 Å². The molecule has 0 N–H and O–H groups in total. The van der Waals surface area contributed by atoms with Crippen LogP contribution < -0.4 is 0 Å². The Bertz CT molecular complexity index is 2840. The lowest BCUT2D eigenvalue weighted by molar-refractivity contribution is 0.0592. The van der Waals surface area contributed by atoms with Crippen molar-refractivity contribution < 1.29 is 28.5 Å². The summed E-state index contributed by atoms with van der Waals surface area (Å²) in [7, 11) is 0.604. The molecule has 2 saturated carbocycles. The first-order valence-electron chi connectivity index (χ1n) is 26.2. The van der Waals surface area contributed by atoms with Crippen molar-refractivity contribution in [2.75, 3.05) is 27.4 Å². The number of aromatic nitrogens is 6. The van der Waals surface area contributed by atoms with Gasteiger partial charge in [0.1, 0.15) is 13.5 Å². The van der Waals surface area contributed by atoms with Gasteiger partial charge in [-0.3, -0.25) is 0 Å². The van der Waals surface area contributed by atoms with Crippen molar-refractivity contribution >= 4 is 56.0 Å². The van der Waals surface area contributed by atoms with Crippen LogP contribution in [0.15, 0.2) is 55.1 Å². The minimum atomic E-state index is -1.15. The van der Waals surface area contributed by atoms with Gasteiger partial charge in [0.05, 0.1) is 72.2 Å². The molecule has 2 aliphatic carbocycles. The van der Waals surface area contributed by atoms with Crippen molar-refractivity contribution in [2.45, 2.75) is 167 Å². The summed E-state index contributed by atoms with van der Waals surface area (Å²) in [5.41, 5.74) is 13.3. The molecule has 70 heavy (non-hydrogen) atoms. The maximum absolute atomic E-state index is 12.4. The van der Waals surface area contributed by atoms with Gasteiger partial charge in [0.15, 0.2) is 0 Å². The summed E-state index contributed by atoms with van der Waals surface area (Å²) in [5, 5.41) is 2.52. The van der Waals surface area contributed by atoms with Crippen LogP contribution in [-0.4, -0.2) is 83.8 Å². The van der Waals surface area contributed by atoms with E-state index in [2.05, 4.69) is 81.8 Å². The minimum absolute atomic E-state index is 0.281. The zero-order chi connectivity index (χ0) is 49.2. The molecule has 0 saturated heterocycles. The molecular formula is C56H76N6O6Si2. The van der Waals surface area contributed by atoms with E-state index in [9.17, 15) is 9.59 Å². The van der Waals surface area contributed by atoms with Crippen LogP contribution in [0.1, 0.15) is 126 Å². The van der Waals surface area contributed by atoms with Gasteiger partial charge in [0, 0.05) is 64.3 Å². The Morgan fingerprint density at radius 1 is 0.614 bits per heavy atom. The predicted molar refractivity (Wildman–Crippen MR) is 286 cm³/mol. The van der Waals surface area contributed by atoms with Crippen molar-refractivity contribution in [3.05, 3.63) is 88.8 Å². The molecule has 2 fully saturated rings. The number of allylic oxidation sites excluding steroid dienone is 1. The van der Waals surface area contributed by atoms with Gasteiger partial charge >= 0.3 is 11.9 Å². The number of rotatable bonds is 14. The number of esters is 2. The number of nitrogens with zero attached hydrogens (tertiary/aromatic N) is 6. The molecule has 12 nitrogen and oxygen atoms in total. The number of ether oxygens (including phenoxy) is 4. The molecule has 14 heteroatoms. The smallest absolute Gasteiger partial charge is 0.337 e. The SMILES string of the molecule is COC(=O)c1ccc2c(C3CCCCC3)c3n(c2c1)CC=Cc1ncn(COCC[Si](C)(C)C)c1-3.COC(=O)c1ccc2c(C3CCCCC3)c3n(c2c1)CCCc1ncn(COCC[Si](C)(C)C)c1-3. The number of imidazole rings is 2. The molecule has 2 aliphatic heterocycles. The van der Waals surface area contributed by atoms with Crippen LogP contribution in [0.2, 0.25) is 51.4 Å². The van der Waals surface area contributed by atoms with Crippen LogP contribution in [0.5, 0.6) is 0 Å². The van der Waals surface area contributed by atoms with Gasteiger partial charge in [-0.15, -0.1) is 0 Å². The van der Waals surface area contributed by atoms with Crippen LogP contribution in [0.25, 0.3) is 50.7 Å². The highest BCUT2D eigenvalue weighted by molar-refractivity contribution is 6.76. The minimum Gasteiger partial charge on any atom is -0.465 e. The van der Waals surface area contributed by atoms with Crippen molar-refractivity contribution in [2.24, 2.45) is 0 Å². The molecule has 6 aromatic rings. The lowest BCUT2D eigenvalue weighted by atomic mass is 9.82. The Morgan fingerprint density at radius 3 is 1.64 bits per heavy atom. The standard InChI is InChI=1S/C28H39N3O3Si.C28H37N3O3Si/c2*1-33-28(32)21-12-13-22-24(17-21)31-14-8-11-23-26(27(31)25(22)20-9-6-5-7-10-20)30(18-29-23)19-34-15-16-35(2,3)4/h12-13,17-18,20H,5-11,14-16,19H2,1-4H3;8,11-13,17-18,20H,5-7,9-10,14-16,19H2,1-4H3. The molecule has 0 atom stereocenters. The van der Waals surface area contributed by atoms with E-state index in [1.54, 1.807) is 0 Å². The average Bonchev–Trinajstić information content (AvgIpc) is 4.05. The first-order chi connectivity index (χ1) is 33.7. The Balaban J connectivity index is 0.000000174. The first kappa shape index (κ1) is 49.9. The third-order valence-corrected chi connectivity index (χ3v) is 18.5. The van der Waals surface area contributed by atoms with E-state index in [-0.39, 0.29) is 11.9 Å². The number of carbonyl (C=O) groups is 2. The number of methoxy groups -OCH3 is 2. The van der Waals surface area contributed by atoms with Gasteiger partial charge in [0.2, 0.25) is 0 Å². The summed E-state index contributed by atoms with van der Waals surface area (Å²) < 4.78 is 31.6. The van der Waals surface area contributed by atoms with Gasteiger partial charge < -0.3 is 37.2 Å². The number of benzene rings is 2. The van der Waals surface area contributed by atoms with E-state index in [0.29, 0.717) is 36.4 Å². The summed E-state index contributed by atoms with van der Waals surface area (Å²) in [6, 6.07) is 14.5. The number of aryl methyl sites for hydroxylation is 2. The number of hydrogen-bond donors (Lipinski definition) is 0.